The lowest BCUT2D eigenvalue weighted by Gasteiger charge is -2.01. The van der Waals surface area contributed by atoms with Gasteiger partial charge >= 0.3 is 0 Å². The van der Waals surface area contributed by atoms with Crippen molar-refractivity contribution in [2.24, 2.45) is 0 Å². The van der Waals surface area contributed by atoms with Crippen LogP contribution in [0.1, 0.15) is 31.2 Å². The lowest BCUT2D eigenvalue weighted by Crippen LogP contribution is -1.83. The normalized spacial score (nSPS) is 10.4. The number of carbonyl (C=O) groups excluding carboxylic acids is 1. The van der Waals surface area contributed by atoms with Gasteiger partial charge in [-0.1, -0.05) is 60.2 Å². The molecule has 2 heteroatoms. The number of allylic oxidation sites excluding steroid dienone is 1. The van der Waals surface area contributed by atoms with E-state index in [4.69, 9.17) is 0 Å². The van der Waals surface area contributed by atoms with E-state index in [9.17, 15) is 4.79 Å². The van der Waals surface area contributed by atoms with Gasteiger partial charge < -0.3 is 0 Å². The van der Waals surface area contributed by atoms with Crippen LogP contribution in [0, 0.1) is 21.7 Å². The highest BCUT2D eigenvalue weighted by atomic mass is 127. The highest BCUT2D eigenvalue weighted by Crippen LogP contribution is 2.20. The van der Waals surface area contributed by atoms with Gasteiger partial charge in [0.25, 0.3) is 0 Å². The van der Waals surface area contributed by atoms with E-state index in [-0.39, 0.29) is 0 Å². The van der Waals surface area contributed by atoms with Crippen molar-refractivity contribution < 1.29 is 4.79 Å². The lowest BCUT2D eigenvalue weighted by molar-refractivity contribution is -0.104. The third kappa shape index (κ3) is 5.58. The van der Waals surface area contributed by atoms with Crippen molar-refractivity contribution in [2.75, 3.05) is 0 Å². The summed E-state index contributed by atoms with van der Waals surface area (Å²) in [6.45, 7) is 0. The number of unbranched alkanes of at least 4 members (excludes halogenated alkanes) is 3. The second-order valence-electron chi connectivity index (χ2n) is 5.07. The third-order valence-electron chi connectivity index (χ3n) is 3.41. The smallest absolute Gasteiger partial charge is 0.158 e. The van der Waals surface area contributed by atoms with Gasteiger partial charge in [0.2, 0.25) is 0 Å². The number of rotatable bonds is 5. The summed E-state index contributed by atoms with van der Waals surface area (Å²) in [6.07, 6.45) is 6.47. The minimum Gasteiger partial charge on any atom is -0.297 e. The topological polar surface area (TPSA) is 17.1 Å². The second kappa shape index (κ2) is 9.87. The maximum absolute atomic E-state index is 11.3. The number of halogens is 1. The molecule has 0 aliphatic heterocycles. The molecule has 0 spiro atoms. The van der Waals surface area contributed by atoms with Gasteiger partial charge in [0, 0.05) is 35.4 Å². The number of hydrogen-bond donors (Lipinski definition) is 0. The molecule has 0 bridgehead atoms. The minimum absolute atomic E-state index is 0.522. The molecular formula is C21H17IO. The van der Waals surface area contributed by atoms with Gasteiger partial charge in [-0.15, -0.1) is 0 Å². The molecule has 2 rings (SSSR count). The first-order chi connectivity index (χ1) is 11.3. The number of fused-ring (bicyclic) bond motifs is 1. The number of aldehydes is 1. The Kier molecular flexibility index (Phi) is 7.43. The zero-order valence-corrected chi connectivity index (χ0v) is 15.0. The van der Waals surface area contributed by atoms with Gasteiger partial charge in [-0.2, -0.15) is 0 Å². The maximum Gasteiger partial charge on any atom is 0.158 e. The van der Waals surface area contributed by atoms with Gasteiger partial charge in [0.05, 0.1) is 5.57 Å². The van der Waals surface area contributed by atoms with Crippen LogP contribution in [-0.2, 0) is 4.79 Å². The van der Waals surface area contributed by atoms with E-state index >= 15 is 0 Å². The molecule has 0 fully saturated rings. The monoisotopic (exact) mass is 412 g/mol. The van der Waals surface area contributed by atoms with Crippen molar-refractivity contribution in [1.29, 1.82) is 0 Å². The van der Waals surface area contributed by atoms with E-state index in [1.54, 1.807) is 0 Å². The molecule has 0 saturated carbocycles. The number of hydrogen-bond acceptors (Lipinski definition) is 1. The molecule has 0 aliphatic rings. The molecule has 0 atom stereocenters. The van der Waals surface area contributed by atoms with E-state index < -0.39 is 0 Å². The van der Waals surface area contributed by atoms with Gasteiger partial charge in [-0.3, -0.25) is 4.79 Å². The highest BCUT2D eigenvalue weighted by Gasteiger charge is 1.98. The van der Waals surface area contributed by atoms with Crippen LogP contribution in [0.3, 0.4) is 0 Å². The fourth-order valence-electron chi connectivity index (χ4n) is 2.28. The Hall–Kier alpha value is -2.04. The van der Waals surface area contributed by atoms with E-state index in [1.807, 2.05) is 30.3 Å². The lowest BCUT2D eigenvalue weighted by atomic mass is 10.0. The van der Waals surface area contributed by atoms with Crippen molar-refractivity contribution in [2.45, 2.75) is 25.7 Å². The Morgan fingerprint density at radius 1 is 1.00 bits per heavy atom. The Bertz CT molecular complexity index is 820. The Morgan fingerprint density at radius 3 is 2.52 bits per heavy atom. The largest absolute Gasteiger partial charge is 0.297 e. The Balaban J connectivity index is 2.09. The van der Waals surface area contributed by atoms with Crippen LogP contribution >= 0.6 is 22.6 Å². The summed E-state index contributed by atoms with van der Waals surface area (Å²) in [5.74, 6) is 9.09. The van der Waals surface area contributed by atoms with Crippen LogP contribution in [0.4, 0.5) is 0 Å². The Labute approximate surface area is 151 Å². The molecule has 2 aromatic carbocycles. The van der Waals surface area contributed by atoms with Crippen LogP contribution in [-0.4, -0.2) is 6.29 Å². The molecule has 0 saturated heterocycles. The predicted molar refractivity (Wildman–Crippen MR) is 106 cm³/mol. The SMILES string of the molecule is O=CC(C#CCCCCC#CI)=Cc1cccc2ccccc12. The van der Waals surface area contributed by atoms with Crippen molar-refractivity contribution in [3.05, 3.63) is 53.6 Å². The van der Waals surface area contributed by atoms with Crippen LogP contribution in [0.15, 0.2) is 48.0 Å². The Morgan fingerprint density at radius 2 is 1.74 bits per heavy atom. The highest BCUT2D eigenvalue weighted by molar-refractivity contribution is 14.1. The first-order valence-corrected chi connectivity index (χ1v) is 8.65. The standard InChI is InChI=1S/C21H17IO/c22-15-8-4-2-1-3-5-10-18(17-23)16-20-13-9-12-19-11-6-7-14-21(19)20/h6-7,9,11-14,16-17H,1-4H2. The predicted octanol–water partition coefficient (Wildman–Crippen LogP) is 5.38. The molecule has 114 valence electrons. The number of carbonyl (C=O) groups is 1. The minimum atomic E-state index is 0.522. The summed E-state index contributed by atoms with van der Waals surface area (Å²) in [5.41, 5.74) is 1.55. The quantitative estimate of drug-likeness (QED) is 0.212. The summed E-state index contributed by atoms with van der Waals surface area (Å²) in [6, 6.07) is 14.2. The summed E-state index contributed by atoms with van der Waals surface area (Å²) in [5, 5.41) is 2.30. The molecule has 0 heterocycles. The first kappa shape index (κ1) is 17.3. The van der Waals surface area contributed by atoms with Gasteiger partial charge in [-0.05, 0) is 39.2 Å². The second-order valence-corrected chi connectivity index (χ2v) is 5.61. The summed E-state index contributed by atoms with van der Waals surface area (Å²) < 4.78 is 2.86. The third-order valence-corrected chi connectivity index (χ3v) is 3.80. The first-order valence-electron chi connectivity index (χ1n) is 7.57. The molecule has 0 amide bonds. The van der Waals surface area contributed by atoms with Gasteiger partial charge in [-0.25, -0.2) is 0 Å². The van der Waals surface area contributed by atoms with Crippen LogP contribution in [0.25, 0.3) is 16.8 Å². The van der Waals surface area contributed by atoms with Crippen molar-refractivity contribution in [3.63, 3.8) is 0 Å². The van der Waals surface area contributed by atoms with Crippen molar-refractivity contribution in [1.82, 2.24) is 0 Å². The van der Waals surface area contributed by atoms with Crippen LogP contribution in [0.2, 0.25) is 0 Å². The van der Waals surface area contributed by atoms with Crippen molar-refractivity contribution >= 4 is 45.7 Å². The zero-order chi connectivity index (χ0) is 16.3. The maximum atomic E-state index is 11.3. The van der Waals surface area contributed by atoms with Crippen LogP contribution in [0.5, 0.6) is 0 Å². The van der Waals surface area contributed by atoms with Crippen LogP contribution < -0.4 is 0 Å². The number of benzene rings is 2. The van der Waals surface area contributed by atoms with E-state index in [0.717, 1.165) is 48.3 Å². The fraction of sp³-hybridized carbons (Fsp3) is 0.190. The van der Waals surface area contributed by atoms with Gasteiger partial charge in [0.15, 0.2) is 6.29 Å². The van der Waals surface area contributed by atoms with E-state index in [1.165, 1.54) is 0 Å². The van der Waals surface area contributed by atoms with E-state index in [2.05, 4.69) is 62.5 Å². The van der Waals surface area contributed by atoms with Crippen molar-refractivity contribution in [3.8, 4) is 21.7 Å². The molecule has 0 aliphatic carbocycles. The average molecular weight is 412 g/mol. The molecule has 1 nitrogen and oxygen atoms in total. The molecule has 23 heavy (non-hydrogen) atoms. The summed E-state index contributed by atoms with van der Waals surface area (Å²) >= 11 is 2.05. The molecule has 0 N–H and O–H groups in total. The van der Waals surface area contributed by atoms with Gasteiger partial charge in [0.1, 0.15) is 0 Å². The fourth-order valence-corrected chi connectivity index (χ4v) is 2.55. The summed E-state index contributed by atoms with van der Waals surface area (Å²) in [4.78, 5) is 11.3. The zero-order valence-electron chi connectivity index (χ0n) is 12.8. The molecule has 2 aromatic rings. The van der Waals surface area contributed by atoms with E-state index in [0.29, 0.717) is 5.57 Å². The molecule has 0 radical (unpaired) electrons. The summed E-state index contributed by atoms with van der Waals surface area (Å²) in [7, 11) is 0. The molecule has 0 unspecified atom stereocenters. The molecule has 0 aromatic heterocycles. The molecular weight excluding hydrogens is 395 g/mol. The average Bonchev–Trinajstić information content (AvgIpc) is 2.60.